The van der Waals surface area contributed by atoms with Gasteiger partial charge in [-0.3, -0.25) is 0 Å². The Bertz CT molecular complexity index is 361. The summed E-state index contributed by atoms with van der Waals surface area (Å²) in [5.74, 6) is -1.16. The predicted octanol–water partition coefficient (Wildman–Crippen LogP) is 3.03. The molecule has 0 spiro atoms. The first-order valence-corrected chi connectivity index (χ1v) is 6.53. The molecule has 0 aliphatic rings. The van der Waals surface area contributed by atoms with E-state index in [1.165, 1.54) is 0 Å². The van der Waals surface area contributed by atoms with E-state index in [1.807, 2.05) is 0 Å². The topological polar surface area (TPSA) is 64.6 Å². The predicted molar refractivity (Wildman–Crippen MR) is 69.6 cm³/mol. The number of carbonyl (C=O) groups is 2. The summed E-state index contributed by atoms with van der Waals surface area (Å²) in [6, 6.07) is -1.18. The maximum absolute atomic E-state index is 12.0. The number of alkyl halides is 3. The Kier molecular flexibility index (Phi) is 6.99. The molecule has 124 valence electrons. The molecule has 0 aliphatic carbocycles. The monoisotopic (exact) mass is 313 g/mol. The Morgan fingerprint density at radius 2 is 1.67 bits per heavy atom. The van der Waals surface area contributed by atoms with E-state index >= 15 is 0 Å². The third-order valence-electron chi connectivity index (χ3n) is 2.06. The Morgan fingerprint density at radius 3 is 2.05 bits per heavy atom. The van der Waals surface area contributed by atoms with Gasteiger partial charge in [-0.25, -0.2) is 9.59 Å². The number of nitrogens with one attached hydrogen (secondary N) is 1. The van der Waals surface area contributed by atoms with Crippen LogP contribution in [0, 0.1) is 5.92 Å². The fraction of sp³-hybridized carbons (Fsp3) is 0.846. The zero-order chi connectivity index (χ0) is 16.8. The van der Waals surface area contributed by atoms with Crippen LogP contribution in [0.25, 0.3) is 0 Å². The molecule has 0 aromatic heterocycles. The standard InChI is InChI=1S/C13H22F3NO4/c1-8(2)6-9(10(18)20-7-13(14,15)16)17-11(19)21-12(3,4)5/h8-9H,6-7H2,1-5H3,(H,17,19)/t9-/m0/s1. The van der Waals surface area contributed by atoms with Gasteiger partial charge in [-0.1, -0.05) is 13.8 Å². The Labute approximate surface area is 122 Å². The zero-order valence-corrected chi connectivity index (χ0v) is 12.8. The van der Waals surface area contributed by atoms with Crippen molar-refractivity contribution >= 4 is 12.1 Å². The van der Waals surface area contributed by atoms with Gasteiger partial charge in [-0.2, -0.15) is 13.2 Å². The van der Waals surface area contributed by atoms with Gasteiger partial charge in [0.05, 0.1) is 0 Å². The number of halogens is 3. The average Bonchev–Trinajstić information content (AvgIpc) is 2.20. The van der Waals surface area contributed by atoms with Crippen LogP contribution in [0.5, 0.6) is 0 Å². The number of hydrogen-bond acceptors (Lipinski definition) is 4. The lowest BCUT2D eigenvalue weighted by Crippen LogP contribution is -2.45. The largest absolute Gasteiger partial charge is 0.455 e. The van der Waals surface area contributed by atoms with Crippen LogP contribution in [0.4, 0.5) is 18.0 Å². The molecular weight excluding hydrogens is 291 g/mol. The molecule has 1 N–H and O–H groups in total. The first-order valence-electron chi connectivity index (χ1n) is 6.53. The van der Waals surface area contributed by atoms with Gasteiger partial charge in [0.1, 0.15) is 11.6 Å². The lowest BCUT2D eigenvalue weighted by molar-refractivity contribution is -0.187. The summed E-state index contributed by atoms with van der Waals surface area (Å²) in [5.41, 5.74) is -0.775. The molecule has 0 aromatic carbocycles. The molecule has 0 saturated carbocycles. The van der Waals surface area contributed by atoms with Crippen LogP contribution in [0.2, 0.25) is 0 Å². The minimum atomic E-state index is -4.61. The number of carbonyl (C=O) groups excluding carboxylic acids is 2. The molecule has 8 heteroatoms. The van der Waals surface area contributed by atoms with Gasteiger partial charge in [-0.05, 0) is 33.1 Å². The van der Waals surface area contributed by atoms with E-state index in [0.29, 0.717) is 0 Å². The van der Waals surface area contributed by atoms with Crippen LogP contribution in [0.3, 0.4) is 0 Å². The highest BCUT2D eigenvalue weighted by Crippen LogP contribution is 2.16. The van der Waals surface area contributed by atoms with E-state index in [2.05, 4.69) is 10.1 Å². The number of esters is 1. The van der Waals surface area contributed by atoms with Crippen molar-refractivity contribution in [1.82, 2.24) is 5.32 Å². The molecule has 0 fully saturated rings. The van der Waals surface area contributed by atoms with Gasteiger partial charge in [-0.15, -0.1) is 0 Å². The molecular formula is C13H22F3NO4. The Hall–Kier alpha value is -1.47. The molecule has 0 bridgehead atoms. The number of hydrogen-bond donors (Lipinski definition) is 1. The van der Waals surface area contributed by atoms with E-state index in [9.17, 15) is 22.8 Å². The van der Waals surface area contributed by atoms with Crippen molar-refractivity contribution in [3.8, 4) is 0 Å². The van der Waals surface area contributed by atoms with Crippen molar-refractivity contribution < 1.29 is 32.2 Å². The summed E-state index contributed by atoms with van der Waals surface area (Å²) in [6.07, 6.45) is -5.34. The highest BCUT2D eigenvalue weighted by atomic mass is 19.4. The van der Waals surface area contributed by atoms with Crippen molar-refractivity contribution in [2.24, 2.45) is 5.92 Å². The first-order chi connectivity index (χ1) is 9.30. The molecule has 1 amide bonds. The summed E-state index contributed by atoms with van der Waals surface area (Å²) in [4.78, 5) is 23.2. The van der Waals surface area contributed by atoms with E-state index in [-0.39, 0.29) is 12.3 Å². The van der Waals surface area contributed by atoms with Gasteiger partial charge in [0.25, 0.3) is 0 Å². The minimum Gasteiger partial charge on any atom is -0.455 e. The first kappa shape index (κ1) is 19.5. The van der Waals surface area contributed by atoms with E-state index in [1.54, 1.807) is 34.6 Å². The maximum atomic E-state index is 12.0. The zero-order valence-electron chi connectivity index (χ0n) is 12.8. The summed E-state index contributed by atoms with van der Waals surface area (Å²) < 4.78 is 45.2. The highest BCUT2D eigenvalue weighted by molar-refractivity contribution is 5.81. The van der Waals surface area contributed by atoms with Crippen molar-refractivity contribution in [2.75, 3.05) is 6.61 Å². The van der Waals surface area contributed by atoms with E-state index < -0.39 is 36.5 Å². The molecule has 0 aromatic rings. The lowest BCUT2D eigenvalue weighted by Gasteiger charge is -2.23. The molecule has 0 heterocycles. The van der Waals surface area contributed by atoms with Crippen LogP contribution >= 0.6 is 0 Å². The second kappa shape index (κ2) is 7.51. The van der Waals surface area contributed by atoms with Gasteiger partial charge < -0.3 is 14.8 Å². The molecule has 21 heavy (non-hydrogen) atoms. The van der Waals surface area contributed by atoms with E-state index in [0.717, 1.165) is 0 Å². The van der Waals surface area contributed by atoms with Crippen molar-refractivity contribution in [1.29, 1.82) is 0 Å². The summed E-state index contributed by atoms with van der Waals surface area (Å²) in [5, 5.41) is 2.24. The van der Waals surface area contributed by atoms with Gasteiger partial charge in [0.2, 0.25) is 0 Å². The maximum Gasteiger partial charge on any atom is 0.422 e. The lowest BCUT2D eigenvalue weighted by atomic mass is 10.0. The van der Waals surface area contributed by atoms with Crippen LogP contribution in [0.15, 0.2) is 0 Å². The van der Waals surface area contributed by atoms with Crippen LogP contribution < -0.4 is 5.32 Å². The Morgan fingerprint density at radius 1 is 1.14 bits per heavy atom. The third kappa shape index (κ3) is 10.9. The number of ether oxygens (including phenoxy) is 2. The number of rotatable bonds is 5. The van der Waals surface area contributed by atoms with Gasteiger partial charge in [0, 0.05) is 0 Å². The van der Waals surface area contributed by atoms with Crippen molar-refractivity contribution in [3.63, 3.8) is 0 Å². The Balaban J connectivity index is 4.64. The highest BCUT2D eigenvalue weighted by Gasteiger charge is 2.32. The summed E-state index contributed by atoms with van der Waals surface area (Å²) >= 11 is 0. The fourth-order valence-corrected chi connectivity index (χ4v) is 1.39. The normalized spacial score (nSPS) is 13.8. The van der Waals surface area contributed by atoms with Crippen molar-refractivity contribution in [2.45, 2.75) is 58.9 Å². The molecule has 0 rings (SSSR count). The number of amides is 1. The third-order valence-corrected chi connectivity index (χ3v) is 2.06. The van der Waals surface area contributed by atoms with Crippen LogP contribution in [-0.2, 0) is 14.3 Å². The molecule has 0 saturated heterocycles. The molecule has 0 radical (unpaired) electrons. The minimum absolute atomic E-state index is 0.0247. The van der Waals surface area contributed by atoms with Gasteiger partial charge >= 0.3 is 18.2 Å². The summed E-state index contributed by atoms with van der Waals surface area (Å²) in [6.45, 7) is 6.74. The van der Waals surface area contributed by atoms with Crippen LogP contribution in [-0.4, -0.2) is 36.5 Å². The average molecular weight is 313 g/mol. The van der Waals surface area contributed by atoms with E-state index in [4.69, 9.17) is 4.74 Å². The molecule has 5 nitrogen and oxygen atoms in total. The van der Waals surface area contributed by atoms with Crippen LogP contribution in [0.1, 0.15) is 41.0 Å². The quantitative estimate of drug-likeness (QED) is 0.792. The smallest absolute Gasteiger partial charge is 0.422 e. The summed E-state index contributed by atoms with van der Waals surface area (Å²) in [7, 11) is 0. The molecule has 1 atom stereocenters. The second-order valence-corrected chi connectivity index (χ2v) is 6.05. The number of alkyl carbamates (subject to hydrolysis) is 1. The van der Waals surface area contributed by atoms with Crippen molar-refractivity contribution in [3.05, 3.63) is 0 Å². The SMILES string of the molecule is CC(C)C[C@H](NC(=O)OC(C)(C)C)C(=O)OCC(F)(F)F. The molecule has 0 aliphatic heterocycles. The fourth-order valence-electron chi connectivity index (χ4n) is 1.39. The molecule has 0 unspecified atom stereocenters. The second-order valence-electron chi connectivity index (χ2n) is 6.05. The van der Waals surface area contributed by atoms with Gasteiger partial charge in [0.15, 0.2) is 6.61 Å².